The lowest BCUT2D eigenvalue weighted by Gasteiger charge is -2.13. The van der Waals surface area contributed by atoms with Gasteiger partial charge in [-0.05, 0) is 36.2 Å². The summed E-state index contributed by atoms with van der Waals surface area (Å²) < 4.78 is 19.0. The SMILES string of the molecule is COc1ccc(CC(C#N)c2c(F)cccc2Cl)cc1Cl. The van der Waals surface area contributed by atoms with Crippen molar-refractivity contribution in [3.63, 3.8) is 0 Å². The summed E-state index contributed by atoms with van der Waals surface area (Å²) >= 11 is 12.1. The zero-order chi connectivity index (χ0) is 15.4. The molecule has 0 aromatic heterocycles. The number of ether oxygens (including phenoxy) is 1. The van der Waals surface area contributed by atoms with Gasteiger partial charge in [0.25, 0.3) is 0 Å². The molecule has 2 aromatic rings. The average Bonchev–Trinajstić information content (AvgIpc) is 2.46. The Balaban J connectivity index is 2.32. The van der Waals surface area contributed by atoms with E-state index in [1.807, 2.05) is 0 Å². The molecule has 0 heterocycles. The molecule has 1 unspecified atom stereocenters. The van der Waals surface area contributed by atoms with Gasteiger partial charge in [0.2, 0.25) is 0 Å². The molecule has 0 saturated carbocycles. The number of halogens is 3. The van der Waals surface area contributed by atoms with Crippen molar-refractivity contribution in [1.82, 2.24) is 0 Å². The number of rotatable bonds is 4. The summed E-state index contributed by atoms with van der Waals surface area (Å²) in [5, 5.41) is 10.0. The van der Waals surface area contributed by atoms with E-state index in [2.05, 4.69) is 6.07 Å². The molecule has 0 aliphatic rings. The highest BCUT2D eigenvalue weighted by Crippen LogP contribution is 2.32. The summed E-state index contributed by atoms with van der Waals surface area (Å²) in [5.41, 5.74) is 1.03. The summed E-state index contributed by atoms with van der Waals surface area (Å²) in [6, 6.07) is 11.7. The molecule has 0 N–H and O–H groups in total. The fourth-order valence-electron chi connectivity index (χ4n) is 2.13. The van der Waals surface area contributed by atoms with Crippen LogP contribution >= 0.6 is 23.2 Å². The Kier molecular flexibility index (Phi) is 5.06. The molecule has 2 rings (SSSR count). The molecule has 2 nitrogen and oxygen atoms in total. The summed E-state index contributed by atoms with van der Waals surface area (Å²) in [6.45, 7) is 0. The van der Waals surface area contributed by atoms with Crippen LogP contribution in [-0.4, -0.2) is 7.11 Å². The molecule has 1 atom stereocenters. The molecule has 0 fully saturated rings. The van der Waals surface area contributed by atoms with Crippen molar-refractivity contribution in [3.8, 4) is 11.8 Å². The standard InChI is InChI=1S/C16H12Cl2FNO/c1-21-15-6-5-10(8-13(15)18)7-11(9-20)16-12(17)3-2-4-14(16)19/h2-6,8,11H,7H2,1H3. The molecule has 0 spiro atoms. The van der Waals surface area contributed by atoms with Gasteiger partial charge in [0.1, 0.15) is 11.6 Å². The van der Waals surface area contributed by atoms with Gasteiger partial charge < -0.3 is 4.74 Å². The number of benzene rings is 2. The molecule has 21 heavy (non-hydrogen) atoms. The van der Waals surface area contributed by atoms with Gasteiger partial charge in [-0.15, -0.1) is 0 Å². The first-order valence-electron chi connectivity index (χ1n) is 6.22. The van der Waals surface area contributed by atoms with Crippen LogP contribution in [0.25, 0.3) is 0 Å². The van der Waals surface area contributed by atoms with Crippen LogP contribution in [0.1, 0.15) is 17.0 Å². The van der Waals surface area contributed by atoms with E-state index in [4.69, 9.17) is 27.9 Å². The lowest BCUT2D eigenvalue weighted by molar-refractivity contribution is 0.415. The van der Waals surface area contributed by atoms with Gasteiger partial charge in [0.15, 0.2) is 0 Å². The number of nitrogens with zero attached hydrogens (tertiary/aromatic N) is 1. The third-order valence-electron chi connectivity index (χ3n) is 3.16. The van der Waals surface area contributed by atoms with E-state index < -0.39 is 11.7 Å². The van der Waals surface area contributed by atoms with Crippen LogP contribution < -0.4 is 4.74 Å². The molecule has 0 bridgehead atoms. The Morgan fingerprint density at radius 3 is 2.57 bits per heavy atom. The highest BCUT2D eigenvalue weighted by Gasteiger charge is 2.19. The minimum absolute atomic E-state index is 0.216. The monoisotopic (exact) mass is 323 g/mol. The third-order valence-corrected chi connectivity index (χ3v) is 3.78. The van der Waals surface area contributed by atoms with E-state index in [1.165, 1.54) is 19.2 Å². The van der Waals surface area contributed by atoms with Crippen molar-refractivity contribution in [2.24, 2.45) is 0 Å². The van der Waals surface area contributed by atoms with Gasteiger partial charge in [-0.3, -0.25) is 0 Å². The Morgan fingerprint density at radius 2 is 2.00 bits per heavy atom. The molecule has 0 saturated heterocycles. The Morgan fingerprint density at radius 1 is 1.24 bits per heavy atom. The summed E-state index contributed by atoms with van der Waals surface area (Å²) in [7, 11) is 1.53. The molecule has 0 amide bonds. The van der Waals surface area contributed by atoms with Crippen LogP contribution in [0.5, 0.6) is 5.75 Å². The van der Waals surface area contributed by atoms with Crippen LogP contribution in [0.15, 0.2) is 36.4 Å². The second kappa shape index (κ2) is 6.80. The maximum Gasteiger partial charge on any atom is 0.137 e. The van der Waals surface area contributed by atoms with Crippen molar-refractivity contribution in [1.29, 1.82) is 5.26 Å². The number of hydrogen-bond acceptors (Lipinski definition) is 2. The second-order valence-corrected chi connectivity index (χ2v) is 5.30. The average molecular weight is 324 g/mol. The highest BCUT2D eigenvalue weighted by atomic mass is 35.5. The minimum atomic E-state index is -0.678. The van der Waals surface area contributed by atoms with E-state index in [0.29, 0.717) is 17.2 Å². The maximum absolute atomic E-state index is 13.9. The first kappa shape index (κ1) is 15.6. The van der Waals surface area contributed by atoms with Crippen molar-refractivity contribution in [2.45, 2.75) is 12.3 Å². The quantitative estimate of drug-likeness (QED) is 0.794. The van der Waals surface area contributed by atoms with Crippen LogP contribution in [0.2, 0.25) is 10.0 Å². The first-order chi connectivity index (χ1) is 10.1. The van der Waals surface area contributed by atoms with Crippen LogP contribution in [0, 0.1) is 17.1 Å². The minimum Gasteiger partial charge on any atom is -0.495 e. The Labute approximate surface area is 132 Å². The predicted molar refractivity (Wildman–Crippen MR) is 81.5 cm³/mol. The van der Waals surface area contributed by atoms with E-state index in [-0.39, 0.29) is 10.6 Å². The fourth-order valence-corrected chi connectivity index (χ4v) is 2.70. The zero-order valence-electron chi connectivity index (χ0n) is 11.2. The molecule has 108 valence electrons. The van der Waals surface area contributed by atoms with Crippen molar-refractivity contribution >= 4 is 23.2 Å². The van der Waals surface area contributed by atoms with Crippen LogP contribution in [-0.2, 0) is 6.42 Å². The lowest BCUT2D eigenvalue weighted by Crippen LogP contribution is -2.04. The van der Waals surface area contributed by atoms with Crippen molar-refractivity contribution in [2.75, 3.05) is 7.11 Å². The Bertz CT molecular complexity index is 677. The lowest BCUT2D eigenvalue weighted by atomic mass is 9.92. The largest absolute Gasteiger partial charge is 0.495 e. The van der Waals surface area contributed by atoms with Gasteiger partial charge in [0.05, 0.1) is 24.1 Å². The van der Waals surface area contributed by atoms with Crippen LogP contribution in [0.3, 0.4) is 0 Å². The summed E-state index contributed by atoms with van der Waals surface area (Å²) in [4.78, 5) is 0. The molecular weight excluding hydrogens is 312 g/mol. The number of hydrogen-bond donors (Lipinski definition) is 0. The topological polar surface area (TPSA) is 33.0 Å². The zero-order valence-corrected chi connectivity index (χ0v) is 12.7. The predicted octanol–water partition coefficient (Wildman–Crippen LogP) is 4.99. The van der Waals surface area contributed by atoms with Crippen molar-refractivity contribution in [3.05, 3.63) is 63.4 Å². The fraction of sp³-hybridized carbons (Fsp3) is 0.188. The molecule has 2 aromatic carbocycles. The molecule has 0 aliphatic heterocycles. The molecule has 5 heteroatoms. The number of methoxy groups -OCH3 is 1. The highest BCUT2D eigenvalue weighted by molar-refractivity contribution is 6.32. The van der Waals surface area contributed by atoms with Gasteiger partial charge >= 0.3 is 0 Å². The second-order valence-electron chi connectivity index (χ2n) is 4.49. The third kappa shape index (κ3) is 3.47. The molecular formula is C16H12Cl2FNO. The van der Waals surface area contributed by atoms with Crippen LogP contribution in [0.4, 0.5) is 4.39 Å². The van der Waals surface area contributed by atoms with E-state index in [1.54, 1.807) is 24.3 Å². The first-order valence-corrected chi connectivity index (χ1v) is 6.98. The Hall–Kier alpha value is -1.76. The maximum atomic E-state index is 13.9. The van der Waals surface area contributed by atoms with Gasteiger partial charge in [0, 0.05) is 10.6 Å². The smallest absolute Gasteiger partial charge is 0.137 e. The van der Waals surface area contributed by atoms with Crippen molar-refractivity contribution < 1.29 is 9.13 Å². The normalized spacial score (nSPS) is 11.8. The summed E-state index contributed by atoms with van der Waals surface area (Å²) in [6.07, 6.45) is 0.320. The molecule has 0 aliphatic carbocycles. The van der Waals surface area contributed by atoms with E-state index in [9.17, 15) is 9.65 Å². The van der Waals surface area contributed by atoms with E-state index >= 15 is 0 Å². The summed E-state index contributed by atoms with van der Waals surface area (Å²) in [5.74, 6) is -0.602. The molecule has 0 radical (unpaired) electrons. The van der Waals surface area contributed by atoms with Gasteiger partial charge in [-0.2, -0.15) is 5.26 Å². The number of nitriles is 1. The van der Waals surface area contributed by atoms with Gasteiger partial charge in [-0.1, -0.05) is 35.3 Å². The van der Waals surface area contributed by atoms with E-state index in [0.717, 1.165) is 5.56 Å². The van der Waals surface area contributed by atoms with Gasteiger partial charge in [-0.25, -0.2) is 4.39 Å².